The van der Waals surface area contributed by atoms with Gasteiger partial charge in [-0.2, -0.15) is 0 Å². The highest BCUT2D eigenvalue weighted by molar-refractivity contribution is 7.92. The van der Waals surface area contributed by atoms with E-state index in [1.807, 2.05) is 0 Å². The van der Waals surface area contributed by atoms with Crippen molar-refractivity contribution < 1.29 is 17.9 Å². The third kappa shape index (κ3) is 3.06. The minimum absolute atomic E-state index is 0.123. The van der Waals surface area contributed by atoms with E-state index in [1.165, 1.54) is 30.5 Å². The summed E-state index contributed by atoms with van der Waals surface area (Å²) < 4.78 is 39.7. The number of rotatable bonds is 4. The average Bonchev–Trinajstić information content (AvgIpc) is 2.41. The lowest BCUT2D eigenvalue weighted by Crippen LogP contribution is -2.14. The summed E-state index contributed by atoms with van der Waals surface area (Å²) in [7, 11) is -3.97. The smallest absolute Gasteiger partial charge is 0.262 e. The zero-order chi connectivity index (χ0) is 14.8. The van der Waals surface area contributed by atoms with Crippen LogP contribution in [0.1, 0.15) is 5.56 Å². The van der Waals surface area contributed by atoms with Crippen molar-refractivity contribution in [3.8, 4) is 0 Å². The van der Waals surface area contributed by atoms with Crippen LogP contribution in [0.25, 0.3) is 0 Å². The molecule has 2 N–H and O–H groups in total. The first kappa shape index (κ1) is 14.7. The first-order valence-corrected chi connectivity index (χ1v) is 7.32. The zero-order valence-electron chi connectivity index (χ0n) is 10.0. The molecule has 0 saturated heterocycles. The summed E-state index contributed by atoms with van der Waals surface area (Å²) in [5.41, 5.74) is 0.0604. The number of benzene rings is 1. The second-order valence-electron chi connectivity index (χ2n) is 3.87. The number of pyridine rings is 1. The van der Waals surface area contributed by atoms with Crippen LogP contribution in [0.3, 0.4) is 0 Å². The number of sulfonamides is 1. The fourth-order valence-corrected chi connectivity index (χ4v) is 2.80. The third-order valence-corrected chi connectivity index (χ3v) is 4.25. The molecule has 0 spiro atoms. The molecular weight excluding hydrogens is 307 g/mol. The van der Waals surface area contributed by atoms with E-state index in [1.54, 1.807) is 0 Å². The van der Waals surface area contributed by atoms with Gasteiger partial charge in [-0.3, -0.25) is 9.71 Å². The van der Waals surface area contributed by atoms with Crippen LogP contribution in [0, 0.1) is 5.82 Å². The molecule has 0 radical (unpaired) electrons. The number of aliphatic hydroxyl groups excluding tert-OH is 1. The van der Waals surface area contributed by atoms with Crippen LogP contribution >= 0.6 is 11.6 Å². The van der Waals surface area contributed by atoms with Crippen LogP contribution in [0.5, 0.6) is 0 Å². The lowest BCUT2D eigenvalue weighted by Gasteiger charge is -2.10. The van der Waals surface area contributed by atoms with E-state index in [-0.39, 0.29) is 21.2 Å². The average molecular weight is 317 g/mol. The molecule has 0 atom stereocenters. The van der Waals surface area contributed by atoms with Gasteiger partial charge in [0, 0.05) is 11.2 Å². The molecule has 1 aromatic heterocycles. The van der Waals surface area contributed by atoms with Gasteiger partial charge >= 0.3 is 0 Å². The van der Waals surface area contributed by atoms with E-state index in [0.717, 1.165) is 6.20 Å². The van der Waals surface area contributed by atoms with E-state index < -0.39 is 22.4 Å². The van der Waals surface area contributed by atoms with E-state index in [4.69, 9.17) is 16.7 Å². The van der Waals surface area contributed by atoms with Crippen molar-refractivity contribution in [2.75, 3.05) is 4.72 Å². The Bertz CT molecular complexity index is 737. The van der Waals surface area contributed by atoms with Gasteiger partial charge in [0.2, 0.25) is 0 Å². The lowest BCUT2D eigenvalue weighted by molar-refractivity contribution is 0.281. The number of hydrogen-bond acceptors (Lipinski definition) is 4. The predicted molar refractivity (Wildman–Crippen MR) is 72.4 cm³/mol. The highest BCUT2D eigenvalue weighted by Gasteiger charge is 2.17. The van der Waals surface area contributed by atoms with Gasteiger partial charge in [-0.25, -0.2) is 12.8 Å². The highest BCUT2D eigenvalue weighted by atomic mass is 35.5. The molecule has 8 heteroatoms. The lowest BCUT2D eigenvalue weighted by atomic mass is 10.2. The van der Waals surface area contributed by atoms with Crippen LogP contribution in [-0.2, 0) is 16.6 Å². The topological polar surface area (TPSA) is 79.3 Å². The fraction of sp³-hybridized carbons (Fsp3) is 0.0833. The molecule has 0 fully saturated rings. The maximum Gasteiger partial charge on any atom is 0.262 e. The number of nitrogens with one attached hydrogen (secondary N) is 1. The fourth-order valence-electron chi connectivity index (χ4n) is 1.50. The zero-order valence-corrected chi connectivity index (χ0v) is 11.6. The van der Waals surface area contributed by atoms with Crippen LogP contribution in [0.2, 0.25) is 5.02 Å². The van der Waals surface area contributed by atoms with Crippen molar-refractivity contribution in [3.63, 3.8) is 0 Å². The first-order chi connectivity index (χ1) is 9.44. The molecular formula is C12H10ClFN2O3S. The Morgan fingerprint density at radius 1 is 1.35 bits per heavy atom. The molecule has 1 aromatic carbocycles. The Balaban J connectivity index is 2.38. The first-order valence-electron chi connectivity index (χ1n) is 5.45. The Hall–Kier alpha value is -1.70. The van der Waals surface area contributed by atoms with Crippen molar-refractivity contribution in [2.45, 2.75) is 11.5 Å². The van der Waals surface area contributed by atoms with Gasteiger partial charge in [-0.15, -0.1) is 0 Å². The van der Waals surface area contributed by atoms with Gasteiger partial charge in [0.1, 0.15) is 0 Å². The second-order valence-corrected chi connectivity index (χ2v) is 5.96. The van der Waals surface area contributed by atoms with E-state index in [9.17, 15) is 12.8 Å². The molecule has 20 heavy (non-hydrogen) atoms. The molecule has 106 valence electrons. The monoisotopic (exact) mass is 316 g/mol. The summed E-state index contributed by atoms with van der Waals surface area (Å²) in [4.78, 5) is 3.40. The Labute approximate surface area is 120 Å². The van der Waals surface area contributed by atoms with Crippen LogP contribution < -0.4 is 4.72 Å². The molecule has 0 aliphatic rings. The van der Waals surface area contributed by atoms with E-state index in [0.29, 0.717) is 0 Å². The van der Waals surface area contributed by atoms with E-state index >= 15 is 0 Å². The van der Waals surface area contributed by atoms with Crippen molar-refractivity contribution in [2.24, 2.45) is 0 Å². The Morgan fingerprint density at radius 2 is 2.10 bits per heavy atom. The summed E-state index contributed by atoms with van der Waals surface area (Å²) in [6.07, 6.45) is 2.17. The maximum absolute atomic E-state index is 13.4. The highest BCUT2D eigenvalue weighted by Crippen LogP contribution is 2.23. The molecule has 0 unspecified atom stereocenters. The van der Waals surface area contributed by atoms with Gasteiger partial charge in [-0.05, 0) is 29.8 Å². The molecule has 0 saturated carbocycles. The van der Waals surface area contributed by atoms with Gasteiger partial charge < -0.3 is 5.11 Å². The minimum atomic E-state index is -3.97. The van der Waals surface area contributed by atoms with Crippen molar-refractivity contribution in [1.29, 1.82) is 0 Å². The Morgan fingerprint density at radius 3 is 2.75 bits per heavy atom. The summed E-state index contributed by atoms with van der Waals surface area (Å²) in [6.45, 7) is -0.397. The quantitative estimate of drug-likeness (QED) is 0.906. The van der Waals surface area contributed by atoms with Gasteiger partial charge in [0.15, 0.2) is 5.82 Å². The SMILES string of the molecule is O=S(=O)(Nc1ccncc1F)c1ccc(Cl)c(CO)c1. The summed E-state index contributed by atoms with van der Waals surface area (Å²) in [5, 5.41) is 9.33. The van der Waals surface area contributed by atoms with Gasteiger partial charge in [0.25, 0.3) is 10.0 Å². The third-order valence-electron chi connectivity index (χ3n) is 2.51. The summed E-state index contributed by atoms with van der Waals surface area (Å²) >= 11 is 5.79. The van der Waals surface area contributed by atoms with Gasteiger partial charge in [-0.1, -0.05) is 11.6 Å². The summed E-state index contributed by atoms with van der Waals surface area (Å²) in [5.74, 6) is -0.785. The van der Waals surface area contributed by atoms with Crippen LogP contribution in [0.15, 0.2) is 41.6 Å². The molecule has 5 nitrogen and oxygen atoms in total. The minimum Gasteiger partial charge on any atom is -0.392 e. The van der Waals surface area contributed by atoms with Crippen molar-refractivity contribution in [3.05, 3.63) is 53.1 Å². The van der Waals surface area contributed by atoms with Crippen LogP contribution in [-0.4, -0.2) is 18.5 Å². The maximum atomic E-state index is 13.4. The number of aromatic nitrogens is 1. The molecule has 0 aliphatic heterocycles. The molecule has 2 aromatic rings. The largest absolute Gasteiger partial charge is 0.392 e. The number of aliphatic hydroxyl groups is 1. The molecule has 0 aliphatic carbocycles. The van der Waals surface area contributed by atoms with Crippen molar-refractivity contribution in [1.82, 2.24) is 4.98 Å². The number of nitrogens with zero attached hydrogens (tertiary/aromatic N) is 1. The van der Waals surface area contributed by atoms with Crippen LogP contribution in [0.4, 0.5) is 10.1 Å². The number of hydrogen-bond donors (Lipinski definition) is 2. The number of anilines is 1. The Kier molecular flexibility index (Phi) is 4.22. The van der Waals surface area contributed by atoms with E-state index in [2.05, 4.69) is 9.71 Å². The predicted octanol–water partition coefficient (Wildman–Crippen LogP) is 2.17. The van der Waals surface area contributed by atoms with Crippen molar-refractivity contribution >= 4 is 27.3 Å². The molecule has 1 heterocycles. The molecule has 0 bridgehead atoms. The second kappa shape index (κ2) is 5.74. The molecule has 0 amide bonds. The van der Waals surface area contributed by atoms with Gasteiger partial charge in [0.05, 0.1) is 23.4 Å². The number of halogens is 2. The normalized spacial score (nSPS) is 11.3. The molecule has 2 rings (SSSR count). The standard InChI is InChI=1S/C12H10ClFN2O3S/c13-10-2-1-9(5-8(10)7-17)20(18,19)16-12-3-4-15-6-11(12)14/h1-6,17H,7H2,(H,15,16). The summed E-state index contributed by atoms with van der Waals surface area (Å²) in [6, 6.07) is 5.05.